The Bertz CT molecular complexity index is 1220. The average molecular weight is 506 g/mol. The Morgan fingerprint density at radius 3 is 2.58 bits per heavy atom. The van der Waals surface area contributed by atoms with Gasteiger partial charge < -0.3 is 10.6 Å². The minimum atomic E-state index is -0.373. The van der Waals surface area contributed by atoms with Crippen LogP contribution < -0.4 is 21.3 Å². The number of carbonyl (C=O) groups excluding carboxylic acids is 2. The molecule has 7 nitrogen and oxygen atoms in total. The fourth-order valence-corrected chi connectivity index (χ4v) is 5.39. The molecule has 0 radical (unpaired) electrons. The topological polar surface area (TPSA) is 94.6 Å². The Morgan fingerprint density at radius 2 is 1.83 bits per heavy atom. The normalized spacial score (nSPS) is 25.0. The molecular formula is C27H28FN5O2S. The first-order valence-electron chi connectivity index (χ1n) is 12.1. The molecule has 2 aromatic rings. The molecule has 5 rings (SSSR count). The lowest BCUT2D eigenvalue weighted by Gasteiger charge is -2.33. The molecule has 2 fully saturated rings. The van der Waals surface area contributed by atoms with Gasteiger partial charge in [0, 0.05) is 30.5 Å². The zero-order chi connectivity index (χ0) is 24.9. The van der Waals surface area contributed by atoms with Gasteiger partial charge in [-0.15, -0.1) is 0 Å². The number of imide groups is 1. The predicted molar refractivity (Wildman–Crippen MR) is 141 cm³/mol. The van der Waals surface area contributed by atoms with E-state index < -0.39 is 0 Å². The molecule has 2 heterocycles. The minimum absolute atomic E-state index is 0.226. The van der Waals surface area contributed by atoms with Crippen molar-refractivity contribution in [3.8, 4) is 11.1 Å². The highest BCUT2D eigenvalue weighted by Gasteiger charge is 2.27. The molecule has 1 saturated heterocycles. The zero-order valence-electron chi connectivity index (χ0n) is 19.7. The number of nitrogens with zero attached hydrogens (tertiary/aromatic N) is 1. The van der Waals surface area contributed by atoms with Gasteiger partial charge in [-0.3, -0.25) is 25.2 Å². The lowest BCUT2D eigenvalue weighted by molar-refractivity contribution is -0.115. The molecule has 2 aliphatic heterocycles. The molecule has 0 bridgehead atoms. The summed E-state index contributed by atoms with van der Waals surface area (Å²) in [5.74, 6) is -0.599. The number of nitrogens with one attached hydrogen (secondary N) is 4. The van der Waals surface area contributed by atoms with Crippen molar-refractivity contribution >= 4 is 29.1 Å². The van der Waals surface area contributed by atoms with E-state index in [2.05, 4.69) is 26.3 Å². The summed E-state index contributed by atoms with van der Waals surface area (Å²) in [5.41, 5.74) is 3.77. The molecule has 3 aliphatic rings. The van der Waals surface area contributed by atoms with Crippen LogP contribution in [0.2, 0.25) is 0 Å². The summed E-state index contributed by atoms with van der Waals surface area (Å²) in [6.07, 6.45) is 8.95. The van der Waals surface area contributed by atoms with Gasteiger partial charge in [-0.2, -0.15) is 0 Å². The van der Waals surface area contributed by atoms with Crippen molar-refractivity contribution in [1.82, 2.24) is 21.3 Å². The third-order valence-electron chi connectivity index (χ3n) is 6.58. The molecule has 36 heavy (non-hydrogen) atoms. The first kappa shape index (κ1) is 24.4. The maximum absolute atomic E-state index is 13.9. The average Bonchev–Trinajstić information content (AvgIpc) is 3.21. The van der Waals surface area contributed by atoms with Crippen LogP contribution >= 0.6 is 11.8 Å². The fourth-order valence-electron chi connectivity index (χ4n) is 4.72. The molecule has 2 amide bonds. The predicted octanol–water partition coefficient (Wildman–Crippen LogP) is 4.19. The van der Waals surface area contributed by atoms with E-state index in [0.29, 0.717) is 23.5 Å². The van der Waals surface area contributed by atoms with Gasteiger partial charge in [-0.05, 0) is 78.4 Å². The highest BCUT2D eigenvalue weighted by molar-refractivity contribution is 8.18. The molecule has 2 aromatic carbocycles. The summed E-state index contributed by atoms with van der Waals surface area (Å²) in [4.78, 5) is 28.0. The van der Waals surface area contributed by atoms with Crippen LogP contribution in [0, 0.1) is 5.82 Å². The van der Waals surface area contributed by atoms with Crippen LogP contribution in [0.25, 0.3) is 11.1 Å². The Balaban J connectivity index is 1.10. The second kappa shape index (κ2) is 11.2. The molecule has 1 aliphatic carbocycles. The molecule has 186 valence electrons. The van der Waals surface area contributed by atoms with E-state index in [0.717, 1.165) is 59.8 Å². The van der Waals surface area contributed by atoms with Crippen LogP contribution in [0.4, 0.5) is 9.18 Å². The number of hydrogen-bond acceptors (Lipinski definition) is 7. The van der Waals surface area contributed by atoms with Gasteiger partial charge in [0.1, 0.15) is 5.82 Å². The number of benzene rings is 2. The third-order valence-corrected chi connectivity index (χ3v) is 7.39. The Hall–Kier alpha value is -3.27. The van der Waals surface area contributed by atoms with Gasteiger partial charge in [0.25, 0.3) is 11.1 Å². The zero-order valence-corrected chi connectivity index (χ0v) is 20.5. The number of allylic oxidation sites excluding steroid dienone is 2. The number of halogens is 1. The number of amides is 2. The van der Waals surface area contributed by atoms with E-state index in [4.69, 9.17) is 0 Å². The van der Waals surface area contributed by atoms with E-state index in [-0.39, 0.29) is 23.3 Å². The Kier molecular flexibility index (Phi) is 7.60. The third kappa shape index (κ3) is 6.10. The highest BCUT2D eigenvalue weighted by atomic mass is 32.2. The standard InChI is InChI=1S/C27H28FN5O2S/c28-19-7-6-18(23(14-19)17-4-2-1-3-5-17)16-30-20-8-10-21(11-9-20)31-26-29-13-12-22(32-26)15-24-25(34)33-27(35)36-24/h1-7,12-15,20-21,26,30-32H,8-11,16H2,(H,33,34,35)/b24-15-. The molecule has 0 spiro atoms. The van der Waals surface area contributed by atoms with E-state index in [1.807, 2.05) is 36.4 Å². The largest absolute Gasteiger partial charge is 0.351 e. The number of rotatable bonds is 7. The van der Waals surface area contributed by atoms with Crippen LogP contribution in [0.15, 0.2) is 76.3 Å². The first-order chi connectivity index (χ1) is 17.5. The van der Waals surface area contributed by atoms with Crippen LogP contribution in [-0.4, -0.2) is 35.7 Å². The quantitative estimate of drug-likeness (QED) is 0.422. The van der Waals surface area contributed by atoms with Crippen molar-refractivity contribution in [1.29, 1.82) is 0 Å². The molecule has 1 unspecified atom stereocenters. The summed E-state index contributed by atoms with van der Waals surface area (Å²) in [6, 6.07) is 15.6. The monoisotopic (exact) mass is 505 g/mol. The first-order valence-corrected chi connectivity index (χ1v) is 12.9. The van der Waals surface area contributed by atoms with Gasteiger partial charge in [-0.25, -0.2) is 4.39 Å². The van der Waals surface area contributed by atoms with Crippen molar-refractivity contribution in [2.45, 2.75) is 50.6 Å². The van der Waals surface area contributed by atoms with Crippen molar-refractivity contribution < 1.29 is 14.0 Å². The molecule has 0 aromatic heterocycles. The van der Waals surface area contributed by atoms with Gasteiger partial charge in [-0.1, -0.05) is 36.4 Å². The summed E-state index contributed by atoms with van der Waals surface area (Å²) < 4.78 is 13.9. The lowest BCUT2D eigenvalue weighted by Crippen LogP contribution is -2.49. The van der Waals surface area contributed by atoms with Gasteiger partial charge >= 0.3 is 0 Å². The van der Waals surface area contributed by atoms with Crippen LogP contribution in [0.5, 0.6) is 0 Å². The smallest absolute Gasteiger partial charge is 0.290 e. The number of carbonyl (C=O) groups is 2. The summed E-state index contributed by atoms with van der Waals surface area (Å²) >= 11 is 0.898. The van der Waals surface area contributed by atoms with Gasteiger partial charge in [0.05, 0.1) is 4.91 Å². The second-order valence-electron chi connectivity index (χ2n) is 9.08. The SMILES string of the molecule is O=C1NC(=O)/C(=C/C2=CC=NC(NC3CCC(NCc4ccc(F)cc4-c4ccccc4)CC3)N2)S1. The van der Waals surface area contributed by atoms with Gasteiger partial charge in [0.2, 0.25) is 0 Å². The highest BCUT2D eigenvalue weighted by Crippen LogP contribution is 2.27. The Labute approximate surface area is 213 Å². The number of hydrogen-bond donors (Lipinski definition) is 4. The van der Waals surface area contributed by atoms with E-state index in [9.17, 15) is 14.0 Å². The van der Waals surface area contributed by atoms with E-state index in [1.54, 1.807) is 24.4 Å². The van der Waals surface area contributed by atoms with E-state index >= 15 is 0 Å². The maximum Gasteiger partial charge on any atom is 0.290 e. The van der Waals surface area contributed by atoms with Crippen LogP contribution in [0.3, 0.4) is 0 Å². The molecule has 9 heteroatoms. The van der Waals surface area contributed by atoms with E-state index in [1.165, 1.54) is 6.07 Å². The van der Waals surface area contributed by atoms with Crippen LogP contribution in [-0.2, 0) is 11.3 Å². The molecule has 4 N–H and O–H groups in total. The van der Waals surface area contributed by atoms with Gasteiger partial charge in [0.15, 0.2) is 6.29 Å². The maximum atomic E-state index is 13.9. The molecule has 1 atom stereocenters. The van der Waals surface area contributed by atoms with Crippen molar-refractivity contribution in [3.05, 3.63) is 82.7 Å². The molecule has 1 saturated carbocycles. The van der Waals surface area contributed by atoms with Crippen molar-refractivity contribution in [2.75, 3.05) is 0 Å². The lowest BCUT2D eigenvalue weighted by atomic mass is 9.90. The molecular weight excluding hydrogens is 477 g/mol. The number of thioether (sulfide) groups is 1. The summed E-state index contributed by atoms with van der Waals surface area (Å²) in [5, 5.41) is 12.4. The number of aliphatic imine (C=N–C) groups is 1. The fraction of sp³-hybridized carbons (Fsp3) is 0.296. The van der Waals surface area contributed by atoms with Crippen molar-refractivity contribution in [3.63, 3.8) is 0 Å². The minimum Gasteiger partial charge on any atom is -0.351 e. The summed E-state index contributed by atoms with van der Waals surface area (Å²) in [7, 11) is 0. The second-order valence-corrected chi connectivity index (χ2v) is 10.1. The summed E-state index contributed by atoms with van der Waals surface area (Å²) in [6.45, 7) is 0.693. The van der Waals surface area contributed by atoms with Crippen molar-refractivity contribution in [2.24, 2.45) is 4.99 Å². The van der Waals surface area contributed by atoms with Crippen LogP contribution in [0.1, 0.15) is 31.2 Å². The Morgan fingerprint density at radius 1 is 1.06 bits per heavy atom.